The summed E-state index contributed by atoms with van der Waals surface area (Å²) in [5, 5.41) is 12.2. The molecule has 3 rings (SSSR count). The summed E-state index contributed by atoms with van der Waals surface area (Å²) in [5.41, 5.74) is 0.871. The van der Waals surface area contributed by atoms with Crippen molar-refractivity contribution in [3.05, 3.63) is 59.4 Å². The van der Waals surface area contributed by atoms with Gasteiger partial charge in [-0.15, -0.1) is 11.8 Å². The number of nitrogens with zero attached hydrogens (tertiary/aromatic N) is 3. The molecule has 0 saturated carbocycles. The summed E-state index contributed by atoms with van der Waals surface area (Å²) in [6, 6.07) is 8.56. The number of hydrogen-bond acceptors (Lipinski definition) is 7. The zero-order chi connectivity index (χ0) is 17.6. The molecule has 25 heavy (non-hydrogen) atoms. The summed E-state index contributed by atoms with van der Waals surface area (Å²) < 4.78 is 6.52. The maximum absolute atomic E-state index is 12.2. The van der Waals surface area contributed by atoms with E-state index in [-0.39, 0.29) is 5.91 Å². The molecule has 1 amide bonds. The lowest BCUT2D eigenvalue weighted by Crippen LogP contribution is -2.11. The Labute approximate surface area is 152 Å². The molecule has 0 unspecified atom stereocenters. The van der Waals surface area contributed by atoms with Crippen LogP contribution in [-0.4, -0.2) is 15.9 Å². The van der Waals surface area contributed by atoms with Crippen molar-refractivity contribution < 1.29 is 9.21 Å². The number of benzene rings is 1. The van der Waals surface area contributed by atoms with Crippen molar-refractivity contribution in [3.8, 4) is 6.07 Å². The number of aryl methyl sites for hydroxylation is 1. The molecule has 1 aromatic carbocycles. The van der Waals surface area contributed by atoms with Crippen LogP contribution in [0.4, 0.5) is 5.13 Å². The summed E-state index contributed by atoms with van der Waals surface area (Å²) in [5.74, 6) is 1.87. The Morgan fingerprint density at radius 1 is 1.40 bits per heavy atom. The standard InChI is InChI=1S/C17H14N4O2S2/c1-2-13-8-19-14(23-13)10-24-15-9-20-17(25-15)21-16(22)12-5-3-4-11(6-12)7-18/h3-6,8-9H,2,10H2,1H3,(H,20,21,22). The fourth-order valence-electron chi connectivity index (χ4n) is 1.99. The highest BCUT2D eigenvalue weighted by Crippen LogP contribution is 2.30. The van der Waals surface area contributed by atoms with E-state index in [2.05, 4.69) is 15.3 Å². The van der Waals surface area contributed by atoms with Crippen molar-refractivity contribution in [1.29, 1.82) is 5.26 Å². The van der Waals surface area contributed by atoms with Crippen LogP contribution in [-0.2, 0) is 12.2 Å². The summed E-state index contributed by atoms with van der Waals surface area (Å²) in [6.07, 6.45) is 4.27. The first-order valence-electron chi connectivity index (χ1n) is 7.51. The highest BCUT2D eigenvalue weighted by molar-refractivity contribution is 8.00. The number of thioether (sulfide) groups is 1. The van der Waals surface area contributed by atoms with Gasteiger partial charge in [-0.3, -0.25) is 10.1 Å². The SMILES string of the molecule is CCc1cnc(CSc2cnc(NC(=O)c3cccc(C#N)c3)s2)o1. The van der Waals surface area contributed by atoms with Gasteiger partial charge >= 0.3 is 0 Å². The number of nitriles is 1. The quantitative estimate of drug-likeness (QED) is 0.657. The molecule has 2 aromatic heterocycles. The minimum atomic E-state index is -0.289. The number of carbonyl (C=O) groups is 1. The van der Waals surface area contributed by atoms with E-state index in [1.165, 1.54) is 11.3 Å². The zero-order valence-corrected chi connectivity index (χ0v) is 15.0. The summed E-state index contributed by atoms with van der Waals surface area (Å²) in [4.78, 5) is 20.6. The third-order valence-corrected chi connectivity index (χ3v) is 5.34. The van der Waals surface area contributed by atoms with Crippen LogP contribution < -0.4 is 5.32 Å². The smallest absolute Gasteiger partial charge is 0.257 e. The van der Waals surface area contributed by atoms with Gasteiger partial charge < -0.3 is 4.42 Å². The molecular weight excluding hydrogens is 356 g/mol. The van der Waals surface area contributed by atoms with Gasteiger partial charge in [0.25, 0.3) is 5.91 Å². The number of thiazole rings is 1. The number of carbonyl (C=O) groups excluding carboxylic acids is 1. The predicted octanol–water partition coefficient (Wildman–Crippen LogP) is 4.11. The van der Waals surface area contributed by atoms with Gasteiger partial charge in [0, 0.05) is 12.0 Å². The largest absolute Gasteiger partial charge is 0.445 e. The Morgan fingerprint density at radius 3 is 3.04 bits per heavy atom. The molecule has 0 bridgehead atoms. The van der Waals surface area contributed by atoms with Gasteiger partial charge in [0.1, 0.15) is 5.76 Å². The molecule has 3 aromatic rings. The second kappa shape index (κ2) is 7.96. The van der Waals surface area contributed by atoms with Gasteiger partial charge in [0.15, 0.2) is 5.13 Å². The first kappa shape index (κ1) is 17.2. The van der Waals surface area contributed by atoms with Crippen LogP contribution in [0.3, 0.4) is 0 Å². The number of amides is 1. The van der Waals surface area contributed by atoms with E-state index in [1.807, 2.05) is 13.0 Å². The molecule has 1 N–H and O–H groups in total. The Hall–Kier alpha value is -2.63. The highest BCUT2D eigenvalue weighted by Gasteiger charge is 2.11. The lowest BCUT2D eigenvalue weighted by Gasteiger charge is -2.01. The normalized spacial score (nSPS) is 10.4. The molecule has 8 heteroatoms. The predicted molar refractivity (Wildman–Crippen MR) is 96.7 cm³/mol. The molecular formula is C17H14N4O2S2. The van der Waals surface area contributed by atoms with Crippen molar-refractivity contribution in [2.24, 2.45) is 0 Å². The minimum absolute atomic E-state index is 0.289. The van der Waals surface area contributed by atoms with Gasteiger partial charge in [-0.05, 0) is 18.2 Å². The van der Waals surface area contributed by atoms with Crippen LogP contribution in [0.15, 0.2) is 45.3 Å². The molecule has 0 radical (unpaired) electrons. The average Bonchev–Trinajstić information content (AvgIpc) is 3.29. The van der Waals surface area contributed by atoms with E-state index in [1.54, 1.807) is 48.4 Å². The zero-order valence-electron chi connectivity index (χ0n) is 13.4. The number of oxazole rings is 1. The van der Waals surface area contributed by atoms with E-state index in [4.69, 9.17) is 9.68 Å². The molecule has 126 valence electrons. The third-order valence-electron chi connectivity index (χ3n) is 3.25. The average molecular weight is 370 g/mol. The van der Waals surface area contributed by atoms with Gasteiger partial charge in [-0.1, -0.05) is 24.3 Å². The number of anilines is 1. The molecule has 0 aliphatic heterocycles. The summed E-state index contributed by atoms with van der Waals surface area (Å²) >= 11 is 2.94. The summed E-state index contributed by atoms with van der Waals surface area (Å²) in [6.45, 7) is 2.02. The minimum Gasteiger partial charge on any atom is -0.445 e. The Bertz CT molecular complexity index is 927. The molecule has 0 aliphatic carbocycles. The van der Waals surface area contributed by atoms with Gasteiger partial charge in [0.05, 0.1) is 34.0 Å². The van der Waals surface area contributed by atoms with Crippen LogP contribution in [0, 0.1) is 11.3 Å². The topological polar surface area (TPSA) is 91.8 Å². The van der Waals surface area contributed by atoms with Crippen LogP contribution >= 0.6 is 23.1 Å². The van der Waals surface area contributed by atoms with E-state index in [9.17, 15) is 4.79 Å². The lowest BCUT2D eigenvalue weighted by atomic mass is 10.1. The monoisotopic (exact) mass is 370 g/mol. The van der Waals surface area contributed by atoms with Crippen LogP contribution in [0.1, 0.15) is 34.5 Å². The molecule has 0 fully saturated rings. The van der Waals surface area contributed by atoms with E-state index in [0.717, 1.165) is 16.4 Å². The van der Waals surface area contributed by atoms with Gasteiger partial charge in [-0.25, -0.2) is 9.97 Å². The molecule has 6 nitrogen and oxygen atoms in total. The van der Waals surface area contributed by atoms with Crippen molar-refractivity contribution in [1.82, 2.24) is 9.97 Å². The molecule has 0 spiro atoms. The fraction of sp³-hybridized carbons (Fsp3) is 0.176. The molecule has 2 heterocycles. The Morgan fingerprint density at radius 2 is 2.28 bits per heavy atom. The van der Waals surface area contributed by atoms with Gasteiger partial charge in [-0.2, -0.15) is 5.26 Å². The van der Waals surface area contributed by atoms with Crippen LogP contribution in [0.25, 0.3) is 0 Å². The van der Waals surface area contributed by atoms with Crippen LogP contribution in [0.5, 0.6) is 0 Å². The number of aromatic nitrogens is 2. The number of hydrogen-bond donors (Lipinski definition) is 1. The van der Waals surface area contributed by atoms with Crippen molar-refractivity contribution in [2.45, 2.75) is 23.3 Å². The number of rotatable bonds is 6. The van der Waals surface area contributed by atoms with E-state index < -0.39 is 0 Å². The maximum Gasteiger partial charge on any atom is 0.257 e. The fourth-order valence-corrected chi connectivity index (χ4v) is 3.72. The Balaban J connectivity index is 1.59. The third kappa shape index (κ3) is 4.47. The first-order valence-corrected chi connectivity index (χ1v) is 9.32. The maximum atomic E-state index is 12.2. The number of nitrogens with one attached hydrogen (secondary N) is 1. The summed E-state index contributed by atoms with van der Waals surface area (Å²) in [7, 11) is 0. The van der Waals surface area contributed by atoms with E-state index >= 15 is 0 Å². The van der Waals surface area contributed by atoms with E-state index in [0.29, 0.717) is 27.9 Å². The first-order chi connectivity index (χ1) is 12.2. The van der Waals surface area contributed by atoms with Crippen molar-refractivity contribution in [3.63, 3.8) is 0 Å². The highest BCUT2D eigenvalue weighted by atomic mass is 32.2. The lowest BCUT2D eigenvalue weighted by molar-refractivity contribution is 0.102. The van der Waals surface area contributed by atoms with Crippen LogP contribution in [0.2, 0.25) is 0 Å². The molecule has 0 atom stereocenters. The second-order valence-electron chi connectivity index (χ2n) is 4.99. The van der Waals surface area contributed by atoms with Gasteiger partial charge in [0.2, 0.25) is 5.89 Å². The van der Waals surface area contributed by atoms with Crippen molar-refractivity contribution >= 4 is 34.1 Å². The molecule has 0 saturated heterocycles. The Kier molecular flexibility index (Phi) is 5.48. The van der Waals surface area contributed by atoms with Crippen molar-refractivity contribution in [2.75, 3.05) is 5.32 Å². The molecule has 0 aliphatic rings. The second-order valence-corrected chi connectivity index (χ2v) is 7.30.